The molecule has 5 nitrogen and oxygen atoms in total. The summed E-state index contributed by atoms with van der Waals surface area (Å²) in [6, 6.07) is 6.66. The van der Waals surface area contributed by atoms with Gasteiger partial charge in [0.2, 0.25) is 0 Å². The number of fused-ring (bicyclic) bond motifs is 1. The summed E-state index contributed by atoms with van der Waals surface area (Å²) in [5, 5.41) is 9.77. The van der Waals surface area contributed by atoms with Crippen molar-refractivity contribution >= 4 is 22.8 Å². The molecule has 3 rings (SSSR count). The molecule has 23 heavy (non-hydrogen) atoms. The van der Waals surface area contributed by atoms with Crippen molar-refractivity contribution in [3.8, 4) is 0 Å². The fourth-order valence-corrected chi connectivity index (χ4v) is 2.99. The van der Waals surface area contributed by atoms with Crippen molar-refractivity contribution in [3.05, 3.63) is 36.0 Å². The van der Waals surface area contributed by atoms with Crippen LogP contribution in [0.2, 0.25) is 0 Å². The predicted octanol–water partition coefficient (Wildman–Crippen LogP) is 2.50. The number of carbonyl (C=O) groups excluding carboxylic acids is 1. The lowest BCUT2D eigenvalue weighted by Crippen LogP contribution is -2.34. The van der Waals surface area contributed by atoms with Crippen molar-refractivity contribution in [2.24, 2.45) is 11.8 Å². The highest BCUT2D eigenvalue weighted by atomic mass is 19.4. The minimum absolute atomic E-state index is 0.236. The van der Waals surface area contributed by atoms with Gasteiger partial charge in [-0.3, -0.25) is 9.59 Å². The molecule has 0 saturated carbocycles. The number of carboxylic acids is 1. The fraction of sp³-hybridized carbons (Fsp3) is 0.333. The Hall–Kier alpha value is -2.51. The number of alkyl halides is 3. The molecule has 1 fully saturated rings. The number of nitrogens with one attached hydrogen (secondary N) is 1. The molecule has 2 heterocycles. The van der Waals surface area contributed by atoms with Crippen LogP contribution in [0.3, 0.4) is 0 Å². The third kappa shape index (κ3) is 2.64. The first-order valence-electron chi connectivity index (χ1n) is 6.94. The quantitative estimate of drug-likeness (QED) is 0.890. The van der Waals surface area contributed by atoms with Crippen LogP contribution >= 0.6 is 0 Å². The van der Waals surface area contributed by atoms with Gasteiger partial charge in [-0.05, 0) is 12.1 Å². The number of aromatic nitrogens is 1. The first-order chi connectivity index (χ1) is 10.8. The summed E-state index contributed by atoms with van der Waals surface area (Å²) in [7, 11) is 0. The zero-order valence-corrected chi connectivity index (χ0v) is 11.8. The highest BCUT2D eigenvalue weighted by molar-refractivity contribution is 6.05. The molecule has 0 spiro atoms. The van der Waals surface area contributed by atoms with Gasteiger partial charge >= 0.3 is 12.1 Å². The molecule has 1 aromatic carbocycles. The number of benzene rings is 1. The summed E-state index contributed by atoms with van der Waals surface area (Å²) >= 11 is 0. The summed E-state index contributed by atoms with van der Waals surface area (Å²) in [6.45, 7) is -1.09. The van der Waals surface area contributed by atoms with Crippen LogP contribution in [0.5, 0.6) is 0 Å². The summed E-state index contributed by atoms with van der Waals surface area (Å²) in [4.78, 5) is 27.5. The molecule has 122 valence electrons. The summed E-state index contributed by atoms with van der Waals surface area (Å²) in [5.74, 6) is -5.83. The molecule has 0 unspecified atom stereocenters. The maximum absolute atomic E-state index is 13.0. The van der Waals surface area contributed by atoms with Crippen LogP contribution in [-0.2, 0) is 4.79 Å². The number of hydrogen-bond donors (Lipinski definition) is 2. The normalized spacial score (nSPS) is 21.8. The number of para-hydroxylation sites is 1. The van der Waals surface area contributed by atoms with E-state index < -0.39 is 43.0 Å². The number of hydrogen-bond acceptors (Lipinski definition) is 2. The molecule has 1 saturated heterocycles. The van der Waals surface area contributed by atoms with Crippen LogP contribution in [0.4, 0.5) is 13.2 Å². The van der Waals surface area contributed by atoms with E-state index in [1.54, 1.807) is 24.4 Å². The average molecular weight is 326 g/mol. The molecule has 0 aliphatic carbocycles. The van der Waals surface area contributed by atoms with E-state index in [0.717, 1.165) is 10.3 Å². The number of rotatable bonds is 2. The van der Waals surface area contributed by atoms with E-state index in [1.807, 2.05) is 0 Å². The lowest BCUT2D eigenvalue weighted by atomic mass is 9.96. The zero-order valence-electron chi connectivity index (χ0n) is 11.8. The van der Waals surface area contributed by atoms with E-state index in [2.05, 4.69) is 4.98 Å². The van der Waals surface area contributed by atoms with Crippen molar-refractivity contribution in [3.63, 3.8) is 0 Å². The summed E-state index contributed by atoms with van der Waals surface area (Å²) in [5.41, 5.74) is 0.763. The Morgan fingerprint density at radius 3 is 2.57 bits per heavy atom. The third-order valence-electron chi connectivity index (χ3n) is 4.16. The highest BCUT2D eigenvalue weighted by Gasteiger charge is 2.53. The number of carboxylic acid groups (broad SMARTS) is 1. The Morgan fingerprint density at radius 2 is 1.96 bits per heavy atom. The minimum Gasteiger partial charge on any atom is -0.481 e. The van der Waals surface area contributed by atoms with Crippen molar-refractivity contribution in [1.82, 2.24) is 9.88 Å². The first kappa shape index (κ1) is 15.4. The number of nitrogens with zero attached hydrogens (tertiary/aromatic N) is 1. The van der Waals surface area contributed by atoms with Crippen LogP contribution in [0.1, 0.15) is 10.4 Å². The SMILES string of the molecule is O=C(O)[C@@H]1CN(C(=O)c2cccc3cc[nH]c23)C[C@H]1C(F)(F)F. The van der Waals surface area contributed by atoms with Gasteiger partial charge in [-0.2, -0.15) is 13.2 Å². The summed E-state index contributed by atoms with van der Waals surface area (Å²) in [6.07, 6.45) is -3.03. The van der Waals surface area contributed by atoms with Gasteiger partial charge in [0.1, 0.15) is 0 Å². The molecule has 1 aliphatic rings. The van der Waals surface area contributed by atoms with Crippen LogP contribution < -0.4 is 0 Å². The fourth-order valence-electron chi connectivity index (χ4n) is 2.99. The summed E-state index contributed by atoms with van der Waals surface area (Å²) < 4.78 is 39.0. The zero-order chi connectivity index (χ0) is 16.8. The molecular formula is C15H13F3N2O3. The Labute approximate surface area is 128 Å². The molecule has 1 aliphatic heterocycles. The maximum atomic E-state index is 13.0. The molecule has 0 bridgehead atoms. The molecule has 2 atom stereocenters. The van der Waals surface area contributed by atoms with Gasteiger partial charge in [0.15, 0.2) is 0 Å². The van der Waals surface area contributed by atoms with Crippen molar-refractivity contribution in [2.45, 2.75) is 6.18 Å². The van der Waals surface area contributed by atoms with E-state index in [-0.39, 0.29) is 5.56 Å². The number of amides is 1. The Balaban J connectivity index is 1.92. The first-order valence-corrected chi connectivity index (χ1v) is 6.94. The highest BCUT2D eigenvalue weighted by Crippen LogP contribution is 2.38. The van der Waals surface area contributed by atoms with Gasteiger partial charge in [0, 0.05) is 24.7 Å². The van der Waals surface area contributed by atoms with Gasteiger partial charge in [0.05, 0.1) is 22.9 Å². The number of aromatic amines is 1. The number of halogens is 3. The topological polar surface area (TPSA) is 73.4 Å². The second kappa shape index (κ2) is 5.29. The minimum atomic E-state index is -4.66. The van der Waals surface area contributed by atoms with Gasteiger partial charge in [0.25, 0.3) is 5.91 Å². The number of carbonyl (C=O) groups is 2. The van der Waals surface area contributed by atoms with Crippen molar-refractivity contribution < 1.29 is 27.9 Å². The third-order valence-corrected chi connectivity index (χ3v) is 4.16. The van der Waals surface area contributed by atoms with Crippen molar-refractivity contribution in [2.75, 3.05) is 13.1 Å². The second-order valence-corrected chi connectivity index (χ2v) is 5.55. The van der Waals surface area contributed by atoms with E-state index in [4.69, 9.17) is 5.11 Å². The molecule has 0 radical (unpaired) electrons. The average Bonchev–Trinajstić information content (AvgIpc) is 3.12. The lowest BCUT2D eigenvalue weighted by Gasteiger charge is -2.18. The predicted molar refractivity (Wildman–Crippen MR) is 74.9 cm³/mol. The van der Waals surface area contributed by atoms with Gasteiger partial charge in [-0.25, -0.2) is 0 Å². The van der Waals surface area contributed by atoms with E-state index in [9.17, 15) is 22.8 Å². The van der Waals surface area contributed by atoms with Gasteiger partial charge < -0.3 is 15.0 Å². The molecule has 8 heteroatoms. The number of likely N-dealkylation sites (tertiary alicyclic amines) is 1. The monoisotopic (exact) mass is 326 g/mol. The van der Waals surface area contributed by atoms with E-state index >= 15 is 0 Å². The number of aliphatic carboxylic acids is 1. The van der Waals surface area contributed by atoms with Crippen LogP contribution in [0, 0.1) is 11.8 Å². The molecule has 2 aromatic rings. The van der Waals surface area contributed by atoms with Crippen LogP contribution in [-0.4, -0.2) is 46.1 Å². The van der Waals surface area contributed by atoms with Crippen molar-refractivity contribution in [1.29, 1.82) is 0 Å². The molecule has 1 amide bonds. The smallest absolute Gasteiger partial charge is 0.394 e. The number of H-pyrrole nitrogens is 1. The maximum Gasteiger partial charge on any atom is 0.394 e. The molecule has 2 N–H and O–H groups in total. The standard InChI is InChI=1S/C15H13F3N2O3/c16-15(17,18)11-7-20(6-10(11)14(22)23)13(21)9-3-1-2-8-4-5-19-12(8)9/h1-5,10-11,19H,6-7H2,(H,22,23)/t10-,11-/m1/s1. The Morgan fingerprint density at radius 1 is 1.22 bits per heavy atom. The Kier molecular flexibility index (Phi) is 3.54. The van der Waals surface area contributed by atoms with Crippen LogP contribution in [0.25, 0.3) is 10.9 Å². The van der Waals surface area contributed by atoms with Gasteiger partial charge in [-0.15, -0.1) is 0 Å². The largest absolute Gasteiger partial charge is 0.481 e. The lowest BCUT2D eigenvalue weighted by molar-refractivity contribution is -0.187. The van der Waals surface area contributed by atoms with E-state index in [0.29, 0.717) is 5.52 Å². The van der Waals surface area contributed by atoms with E-state index in [1.165, 1.54) is 6.07 Å². The van der Waals surface area contributed by atoms with Gasteiger partial charge in [-0.1, -0.05) is 12.1 Å². The molecule has 1 aromatic heterocycles. The molecular weight excluding hydrogens is 313 g/mol. The Bertz CT molecular complexity index is 769. The second-order valence-electron chi connectivity index (χ2n) is 5.55. The van der Waals surface area contributed by atoms with Crippen LogP contribution in [0.15, 0.2) is 30.5 Å².